The van der Waals surface area contributed by atoms with Crippen LogP contribution in [0.3, 0.4) is 0 Å². The van der Waals surface area contributed by atoms with Gasteiger partial charge in [-0.1, -0.05) is 6.07 Å². The lowest BCUT2D eigenvalue weighted by Gasteiger charge is -2.13. The van der Waals surface area contributed by atoms with Gasteiger partial charge >= 0.3 is 0 Å². The van der Waals surface area contributed by atoms with Gasteiger partial charge in [-0.3, -0.25) is 0 Å². The number of ether oxygens (including phenoxy) is 2. The van der Waals surface area contributed by atoms with E-state index in [1.54, 1.807) is 36.4 Å². The van der Waals surface area contributed by atoms with Crippen molar-refractivity contribution in [1.82, 2.24) is 15.0 Å². The minimum Gasteiger partial charge on any atom is -0.507 e. The van der Waals surface area contributed by atoms with Crippen LogP contribution in [-0.2, 0) is 6.61 Å². The van der Waals surface area contributed by atoms with Crippen molar-refractivity contribution in [2.45, 2.75) is 26.6 Å². The minimum atomic E-state index is -0.236. The lowest BCUT2D eigenvalue weighted by molar-refractivity contribution is 0.241. The first-order chi connectivity index (χ1) is 16.8. The number of phenolic OH excluding ortho intramolecular Hbond substituents is 3. The Labute approximate surface area is 201 Å². The molecule has 0 fully saturated rings. The van der Waals surface area contributed by atoms with E-state index in [0.717, 1.165) is 0 Å². The van der Waals surface area contributed by atoms with Crippen molar-refractivity contribution in [3.8, 4) is 62.9 Å². The first kappa shape index (κ1) is 23.8. The van der Waals surface area contributed by atoms with Crippen LogP contribution in [0.4, 0.5) is 0 Å². The van der Waals surface area contributed by atoms with E-state index in [1.807, 2.05) is 13.8 Å². The molecule has 0 atom stereocenters. The average molecular weight is 476 g/mol. The topological polar surface area (TPSA) is 138 Å². The molecule has 4 aromatic rings. The van der Waals surface area contributed by atoms with Gasteiger partial charge in [0, 0.05) is 12.1 Å². The van der Waals surface area contributed by atoms with E-state index in [2.05, 4.69) is 15.0 Å². The highest BCUT2D eigenvalue weighted by molar-refractivity contribution is 5.74. The number of hydrogen-bond donors (Lipinski definition) is 4. The van der Waals surface area contributed by atoms with Crippen LogP contribution in [0.2, 0.25) is 0 Å². The third-order valence-electron chi connectivity index (χ3n) is 5.15. The molecule has 0 radical (unpaired) electrons. The van der Waals surface area contributed by atoms with Gasteiger partial charge in [0.15, 0.2) is 17.5 Å². The second kappa shape index (κ2) is 9.86. The summed E-state index contributed by atoms with van der Waals surface area (Å²) in [5.41, 5.74) is 1.43. The highest BCUT2D eigenvalue weighted by Gasteiger charge is 2.19. The summed E-state index contributed by atoms with van der Waals surface area (Å²) in [5, 5.41) is 41.2. The van der Waals surface area contributed by atoms with Gasteiger partial charge in [0.1, 0.15) is 28.7 Å². The molecular formula is C26H25N3O6. The average Bonchev–Trinajstić information content (AvgIpc) is 2.83. The fourth-order valence-electron chi connectivity index (χ4n) is 3.48. The fraction of sp³-hybridized carbons (Fsp3) is 0.192. The SMILES string of the molecule is COc1ccc(-c2nc(-c3ccc(CO)cc3O)nc(-c3ccc(OC(C)C)cc3O)n2)c(O)c1. The molecule has 0 bridgehead atoms. The number of aromatic hydroxyl groups is 3. The lowest BCUT2D eigenvalue weighted by atomic mass is 10.1. The summed E-state index contributed by atoms with van der Waals surface area (Å²) in [6.45, 7) is 3.52. The second-order valence-corrected chi connectivity index (χ2v) is 8.04. The first-order valence-electron chi connectivity index (χ1n) is 10.9. The normalized spacial score (nSPS) is 11.0. The molecule has 0 unspecified atom stereocenters. The van der Waals surface area contributed by atoms with E-state index in [9.17, 15) is 20.4 Å². The molecule has 4 N–H and O–H groups in total. The van der Waals surface area contributed by atoms with E-state index >= 15 is 0 Å². The van der Waals surface area contributed by atoms with Crippen LogP contribution in [0.1, 0.15) is 19.4 Å². The number of benzene rings is 3. The van der Waals surface area contributed by atoms with Crippen molar-refractivity contribution in [2.75, 3.05) is 7.11 Å². The van der Waals surface area contributed by atoms with E-state index in [4.69, 9.17) is 9.47 Å². The first-order valence-corrected chi connectivity index (χ1v) is 10.9. The largest absolute Gasteiger partial charge is 0.507 e. The maximum Gasteiger partial charge on any atom is 0.167 e. The Morgan fingerprint density at radius 2 is 1.14 bits per heavy atom. The maximum atomic E-state index is 10.7. The molecule has 0 aliphatic carbocycles. The summed E-state index contributed by atoms with van der Waals surface area (Å²) in [7, 11) is 1.49. The molecule has 1 aromatic heterocycles. The van der Waals surface area contributed by atoms with Crippen LogP contribution in [-0.4, -0.2) is 48.6 Å². The Hall–Kier alpha value is -4.37. The summed E-state index contributed by atoms with van der Waals surface area (Å²) in [6.07, 6.45) is -0.0708. The molecule has 35 heavy (non-hydrogen) atoms. The van der Waals surface area contributed by atoms with Crippen LogP contribution in [0.15, 0.2) is 54.6 Å². The Morgan fingerprint density at radius 3 is 1.57 bits per heavy atom. The van der Waals surface area contributed by atoms with Crippen molar-refractivity contribution in [1.29, 1.82) is 0 Å². The number of nitrogens with zero attached hydrogens (tertiary/aromatic N) is 3. The third kappa shape index (κ3) is 5.10. The zero-order valence-electron chi connectivity index (χ0n) is 19.4. The van der Waals surface area contributed by atoms with Crippen LogP contribution < -0.4 is 9.47 Å². The van der Waals surface area contributed by atoms with Gasteiger partial charge < -0.3 is 29.9 Å². The quantitative estimate of drug-likeness (QED) is 0.308. The molecule has 0 aliphatic rings. The molecule has 0 aliphatic heterocycles. The van der Waals surface area contributed by atoms with Gasteiger partial charge in [-0.25, -0.2) is 15.0 Å². The number of aliphatic hydroxyl groups excluding tert-OH is 1. The Bertz CT molecular complexity index is 1300. The van der Waals surface area contributed by atoms with Crippen molar-refractivity contribution in [2.24, 2.45) is 0 Å². The van der Waals surface area contributed by atoms with Gasteiger partial charge in [-0.05, 0) is 55.8 Å². The van der Waals surface area contributed by atoms with Gasteiger partial charge in [-0.15, -0.1) is 0 Å². The van der Waals surface area contributed by atoms with Crippen LogP contribution in [0, 0.1) is 0 Å². The zero-order valence-corrected chi connectivity index (χ0v) is 19.4. The van der Waals surface area contributed by atoms with Crippen LogP contribution in [0.5, 0.6) is 28.7 Å². The molecule has 0 amide bonds. The number of aliphatic hydroxyl groups is 1. The molecule has 9 heteroatoms. The number of phenols is 3. The molecule has 3 aromatic carbocycles. The van der Waals surface area contributed by atoms with Crippen molar-refractivity contribution >= 4 is 0 Å². The summed E-state index contributed by atoms with van der Waals surface area (Å²) in [4.78, 5) is 13.4. The Balaban J connectivity index is 1.90. The van der Waals surface area contributed by atoms with Gasteiger partial charge in [-0.2, -0.15) is 0 Å². The molecule has 180 valence electrons. The van der Waals surface area contributed by atoms with Crippen molar-refractivity contribution < 1.29 is 29.9 Å². The summed E-state index contributed by atoms with van der Waals surface area (Å²) in [6, 6.07) is 14.1. The van der Waals surface area contributed by atoms with E-state index in [-0.39, 0.29) is 47.4 Å². The second-order valence-electron chi connectivity index (χ2n) is 8.04. The molecule has 9 nitrogen and oxygen atoms in total. The Morgan fingerprint density at radius 1 is 0.686 bits per heavy atom. The van der Waals surface area contributed by atoms with Crippen molar-refractivity contribution in [3.63, 3.8) is 0 Å². The monoisotopic (exact) mass is 475 g/mol. The standard InChI is InChI=1S/C26H25N3O6/c1-14(2)35-17-6-9-20(23(33)12-17)26-28-24(18-7-4-15(13-30)10-21(18)31)27-25(29-26)19-8-5-16(34-3)11-22(19)32/h4-12,14,30-33H,13H2,1-3H3. The van der Waals surface area contributed by atoms with Crippen LogP contribution >= 0.6 is 0 Å². The van der Waals surface area contributed by atoms with Gasteiger partial charge in [0.2, 0.25) is 0 Å². The molecule has 0 saturated carbocycles. The van der Waals surface area contributed by atoms with Gasteiger partial charge in [0.25, 0.3) is 0 Å². The van der Waals surface area contributed by atoms with Crippen LogP contribution in [0.25, 0.3) is 34.2 Å². The predicted molar refractivity (Wildman–Crippen MR) is 129 cm³/mol. The van der Waals surface area contributed by atoms with E-state index in [0.29, 0.717) is 33.8 Å². The zero-order chi connectivity index (χ0) is 25.1. The molecule has 4 rings (SSSR count). The maximum absolute atomic E-state index is 10.7. The molecular weight excluding hydrogens is 450 g/mol. The lowest BCUT2D eigenvalue weighted by Crippen LogP contribution is -2.05. The third-order valence-corrected chi connectivity index (χ3v) is 5.15. The smallest absolute Gasteiger partial charge is 0.167 e. The van der Waals surface area contributed by atoms with E-state index < -0.39 is 0 Å². The molecule has 1 heterocycles. The highest BCUT2D eigenvalue weighted by atomic mass is 16.5. The number of methoxy groups -OCH3 is 1. The summed E-state index contributed by atoms with van der Waals surface area (Å²) in [5.74, 6) is 0.948. The Kier molecular flexibility index (Phi) is 6.70. The number of hydrogen-bond acceptors (Lipinski definition) is 9. The fourth-order valence-corrected chi connectivity index (χ4v) is 3.48. The molecule has 0 saturated heterocycles. The van der Waals surface area contributed by atoms with Gasteiger partial charge in [0.05, 0.1) is 36.5 Å². The predicted octanol–water partition coefficient (Wildman–Crippen LogP) is 4.28. The highest BCUT2D eigenvalue weighted by Crippen LogP contribution is 2.37. The summed E-state index contributed by atoms with van der Waals surface area (Å²) >= 11 is 0. The number of aromatic nitrogens is 3. The molecule has 0 spiro atoms. The van der Waals surface area contributed by atoms with Crippen molar-refractivity contribution in [3.05, 3.63) is 60.2 Å². The summed E-state index contributed by atoms with van der Waals surface area (Å²) < 4.78 is 10.8. The number of rotatable bonds is 7. The van der Waals surface area contributed by atoms with E-state index in [1.165, 1.54) is 25.3 Å². The minimum absolute atomic E-state index is 0.0708.